The number of nitrogens with two attached hydrogens (primary N) is 1. The molecule has 2 amide bonds. The Bertz CT molecular complexity index is 869. The van der Waals surface area contributed by atoms with Crippen LogP contribution in [0, 0.1) is 0 Å². The lowest BCUT2D eigenvalue weighted by atomic mass is 9.87. The van der Waals surface area contributed by atoms with Gasteiger partial charge in [-0.2, -0.15) is 0 Å². The molecule has 0 fully saturated rings. The molecule has 2 rings (SSSR count). The number of anilines is 1. The largest absolute Gasteiger partial charge is 0.461 e. The van der Waals surface area contributed by atoms with E-state index in [-0.39, 0.29) is 19.0 Å². The fraction of sp³-hybridized carbons (Fsp3) is 0.318. The summed E-state index contributed by atoms with van der Waals surface area (Å²) in [6, 6.07) is 14.8. The van der Waals surface area contributed by atoms with Crippen LogP contribution in [0.4, 0.5) is 5.69 Å². The molecule has 0 heterocycles. The van der Waals surface area contributed by atoms with E-state index in [1.165, 1.54) is 0 Å². The van der Waals surface area contributed by atoms with Gasteiger partial charge in [-0.25, -0.2) is 0 Å². The molecule has 0 spiro atoms. The first-order valence-electron chi connectivity index (χ1n) is 9.56. The van der Waals surface area contributed by atoms with Crippen molar-refractivity contribution in [3.63, 3.8) is 0 Å². The lowest BCUT2D eigenvalue weighted by Crippen LogP contribution is -2.58. The van der Waals surface area contributed by atoms with Crippen LogP contribution in [0.15, 0.2) is 54.6 Å². The monoisotopic (exact) mass is 414 g/mol. The topological polar surface area (TPSA) is 139 Å². The molecule has 0 aromatic heterocycles. The number of aliphatic hydroxyl groups is 2. The molecule has 8 heteroatoms. The molecule has 2 aromatic rings. The Morgan fingerprint density at radius 3 is 2.27 bits per heavy atom. The van der Waals surface area contributed by atoms with Crippen LogP contribution >= 0.6 is 0 Å². The number of aliphatic hydroxyl groups excluding tert-OH is 1. The van der Waals surface area contributed by atoms with Crippen molar-refractivity contribution < 1.29 is 29.3 Å². The molecule has 8 nitrogen and oxygen atoms in total. The number of nitrogens with one attached hydrogen (secondary N) is 1. The van der Waals surface area contributed by atoms with Crippen LogP contribution in [0.3, 0.4) is 0 Å². The van der Waals surface area contributed by atoms with Gasteiger partial charge in [-0.1, -0.05) is 49.4 Å². The maximum Gasteiger partial charge on any atom is 0.306 e. The van der Waals surface area contributed by atoms with E-state index < -0.39 is 23.5 Å². The molecular formula is C22H26N2O6. The molecule has 30 heavy (non-hydrogen) atoms. The van der Waals surface area contributed by atoms with Crippen molar-refractivity contribution in [2.75, 3.05) is 5.32 Å². The second kappa shape index (κ2) is 10.5. The van der Waals surface area contributed by atoms with E-state index in [0.29, 0.717) is 24.1 Å². The average Bonchev–Trinajstić information content (AvgIpc) is 2.73. The lowest BCUT2D eigenvalue weighted by molar-refractivity contribution is -0.157. The summed E-state index contributed by atoms with van der Waals surface area (Å²) in [6.07, 6.45) is -1.35. The summed E-state index contributed by atoms with van der Waals surface area (Å²) >= 11 is 0. The fourth-order valence-electron chi connectivity index (χ4n) is 2.78. The molecule has 5 N–H and O–H groups in total. The van der Waals surface area contributed by atoms with Gasteiger partial charge in [0, 0.05) is 18.5 Å². The molecule has 0 aliphatic rings. The van der Waals surface area contributed by atoms with E-state index in [0.717, 1.165) is 5.56 Å². The van der Waals surface area contributed by atoms with E-state index in [9.17, 15) is 24.6 Å². The van der Waals surface area contributed by atoms with Gasteiger partial charge in [0.1, 0.15) is 6.61 Å². The highest BCUT2D eigenvalue weighted by molar-refractivity contribution is 6.00. The Kier molecular flexibility index (Phi) is 8.08. The number of hydrogen-bond acceptors (Lipinski definition) is 6. The molecule has 2 unspecified atom stereocenters. The summed E-state index contributed by atoms with van der Waals surface area (Å²) in [5, 5.41) is 23.4. The second-order valence-corrected chi connectivity index (χ2v) is 6.95. The van der Waals surface area contributed by atoms with Crippen molar-refractivity contribution in [2.45, 2.75) is 44.5 Å². The molecule has 0 saturated carbocycles. The summed E-state index contributed by atoms with van der Waals surface area (Å²) in [7, 11) is 0. The SMILES string of the molecule is CCCC(=O)OCc1ccc(NC(=O)C(O)C(O)(Cc2ccccc2)C(N)=O)cc1. The first kappa shape index (κ1) is 23.1. The van der Waals surface area contributed by atoms with Crippen LogP contribution in [-0.4, -0.2) is 39.7 Å². The van der Waals surface area contributed by atoms with Crippen molar-refractivity contribution >= 4 is 23.5 Å². The summed E-state index contributed by atoms with van der Waals surface area (Å²) in [5.74, 6) is -2.48. The molecule has 0 bridgehead atoms. The number of rotatable bonds is 10. The van der Waals surface area contributed by atoms with Crippen molar-refractivity contribution in [3.05, 3.63) is 65.7 Å². The van der Waals surface area contributed by atoms with E-state index in [1.54, 1.807) is 54.6 Å². The maximum absolute atomic E-state index is 12.4. The van der Waals surface area contributed by atoms with E-state index in [2.05, 4.69) is 5.32 Å². The zero-order valence-corrected chi connectivity index (χ0v) is 16.7. The normalized spacial score (nSPS) is 13.7. The summed E-state index contributed by atoms with van der Waals surface area (Å²) in [6.45, 7) is 1.99. The molecule has 0 saturated heterocycles. The maximum atomic E-state index is 12.4. The van der Waals surface area contributed by atoms with Crippen LogP contribution in [0.2, 0.25) is 0 Å². The first-order chi connectivity index (χ1) is 14.3. The number of primary amides is 1. The van der Waals surface area contributed by atoms with Gasteiger partial charge in [0.05, 0.1) is 0 Å². The predicted octanol–water partition coefficient (Wildman–Crippen LogP) is 1.29. The zero-order valence-electron chi connectivity index (χ0n) is 16.7. The molecule has 160 valence electrons. The number of esters is 1. The minimum atomic E-state index is -2.47. The third-order valence-corrected chi connectivity index (χ3v) is 4.52. The highest BCUT2D eigenvalue weighted by atomic mass is 16.5. The number of carbonyl (C=O) groups excluding carboxylic acids is 3. The summed E-state index contributed by atoms with van der Waals surface area (Å²) in [4.78, 5) is 35.7. The van der Waals surface area contributed by atoms with Gasteiger partial charge >= 0.3 is 5.97 Å². The fourth-order valence-corrected chi connectivity index (χ4v) is 2.78. The first-order valence-corrected chi connectivity index (χ1v) is 9.56. The van der Waals surface area contributed by atoms with E-state index in [4.69, 9.17) is 10.5 Å². The zero-order chi connectivity index (χ0) is 22.1. The predicted molar refractivity (Wildman–Crippen MR) is 110 cm³/mol. The van der Waals surface area contributed by atoms with Crippen LogP contribution in [0.5, 0.6) is 0 Å². The number of benzene rings is 2. The van der Waals surface area contributed by atoms with Gasteiger partial charge in [0.15, 0.2) is 11.7 Å². The number of carbonyl (C=O) groups is 3. The van der Waals surface area contributed by atoms with Gasteiger partial charge in [-0.05, 0) is 29.7 Å². The van der Waals surface area contributed by atoms with Gasteiger partial charge in [0.25, 0.3) is 11.8 Å². The minimum Gasteiger partial charge on any atom is -0.461 e. The molecule has 0 radical (unpaired) electrons. The third kappa shape index (κ3) is 6.13. The van der Waals surface area contributed by atoms with E-state index in [1.807, 2.05) is 6.92 Å². The Morgan fingerprint density at radius 1 is 1.07 bits per heavy atom. The van der Waals surface area contributed by atoms with Gasteiger partial charge in [-0.3, -0.25) is 14.4 Å². The van der Waals surface area contributed by atoms with Gasteiger partial charge in [0.2, 0.25) is 0 Å². The number of hydrogen-bond donors (Lipinski definition) is 4. The molecular weight excluding hydrogens is 388 g/mol. The second-order valence-electron chi connectivity index (χ2n) is 6.95. The van der Waals surface area contributed by atoms with Crippen LogP contribution in [-0.2, 0) is 32.1 Å². The van der Waals surface area contributed by atoms with Crippen molar-refractivity contribution in [1.29, 1.82) is 0 Å². The number of ether oxygens (including phenoxy) is 1. The summed E-state index contributed by atoms with van der Waals surface area (Å²) in [5.41, 5.74) is 4.39. The van der Waals surface area contributed by atoms with Gasteiger partial charge < -0.3 is 26.0 Å². The lowest BCUT2D eigenvalue weighted by Gasteiger charge is -2.29. The van der Waals surface area contributed by atoms with Crippen molar-refractivity contribution in [2.24, 2.45) is 5.73 Å². The van der Waals surface area contributed by atoms with Crippen molar-refractivity contribution in [3.8, 4) is 0 Å². The molecule has 0 aliphatic carbocycles. The van der Waals surface area contributed by atoms with E-state index >= 15 is 0 Å². The highest BCUT2D eigenvalue weighted by Crippen LogP contribution is 2.20. The Hall–Kier alpha value is -3.23. The summed E-state index contributed by atoms with van der Waals surface area (Å²) < 4.78 is 5.10. The van der Waals surface area contributed by atoms with Crippen LogP contribution in [0.1, 0.15) is 30.9 Å². The molecule has 2 atom stereocenters. The van der Waals surface area contributed by atoms with Crippen molar-refractivity contribution in [1.82, 2.24) is 0 Å². The van der Waals surface area contributed by atoms with Crippen LogP contribution in [0.25, 0.3) is 0 Å². The third-order valence-electron chi connectivity index (χ3n) is 4.52. The molecule has 0 aliphatic heterocycles. The van der Waals surface area contributed by atoms with Crippen LogP contribution < -0.4 is 11.1 Å². The Balaban J connectivity index is 2.02. The van der Waals surface area contributed by atoms with Gasteiger partial charge in [-0.15, -0.1) is 0 Å². The Morgan fingerprint density at radius 2 is 1.70 bits per heavy atom. The average molecular weight is 414 g/mol. The quantitative estimate of drug-likeness (QED) is 0.432. The standard InChI is InChI=1S/C22H26N2O6/c1-2-6-18(25)30-14-16-9-11-17(12-10-16)24-20(27)19(26)22(29,21(23)28)13-15-7-4-3-5-8-15/h3-5,7-12,19,26,29H,2,6,13-14H2,1H3,(H2,23,28)(H,24,27). The smallest absolute Gasteiger partial charge is 0.306 e. The Labute approximate surface area is 174 Å². The molecule has 2 aromatic carbocycles. The highest BCUT2D eigenvalue weighted by Gasteiger charge is 2.46. The minimum absolute atomic E-state index is 0.105. The number of amides is 2.